The zero-order valence-corrected chi connectivity index (χ0v) is 25.0. The van der Waals surface area contributed by atoms with Gasteiger partial charge in [-0.1, -0.05) is 36.4 Å². The maximum Gasteiger partial charge on any atom is 0.137 e. The third-order valence-corrected chi connectivity index (χ3v) is 8.06. The first-order valence-corrected chi connectivity index (χ1v) is 14.5. The fourth-order valence-electron chi connectivity index (χ4n) is 6.08. The van der Waals surface area contributed by atoms with Crippen LogP contribution in [-0.4, -0.2) is 19.1 Å². The Bertz CT molecular complexity index is 1850. The van der Waals surface area contributed by atoms with Gasteiger partial charge in [0.25, 0.3) is 0 Å². The lowest BCUT2D eigenvalue weighted by atomic mass is 9.98. The Labute approximate surface area is 243 Å². The fraction of sp³-hybridized carbons (Fsp3) is 0.243. The van der Waals surface area contributed by atoms with E-state index in [0.717, 1.165) is 42.3 Å². The second-order valence-corrected chi connectivity index (χ2v) is 11.6. The molecule has 0 aliphatic carbocycles. The van der Waals surface area contributed by atoms with E-state index in [4.69, 9.17) is 9.97 Å². The number of fused-ring (bicyclic) bond motifs is 1. The molecule has 0 saturated carbocycles. The molecule has 0 fully saturated rings. The first-order valence-electron chi connectivity index (χ1n) is 14.5. The van der Waals surface area contributed by atoms with Crippen molar-refractivity contribution in [2.45, 2.75) is 60.8 Å². The maximum absolute atomic E-state index is 5.04. The van der Waals surface area contributed by atoms with Crippen LogP contribution in [0, 0.1) is 41.5 Å². The van der Waals surface area contributed by atoms with E-state index in [1.54, 1.807) is 0 Å². The molecule has 0 atom stereocenters. The minimum atomic E-state index is 0.879. The molecule has 0 N–H and O–H groups in total. The molecule has 4 heterocycles. The van der Waals surface area contributed by atoms with Crippen molar-refractivity contribution in [2.75, 3.05) is 0 Å². The van der Waals surface area contributed by atoms with Crippen LogP contribution in [-0.2, 0) is 19.3 Å². The normalized spacial score (nSPS) is 11.5. The van der Waals surface area contributed by atoms with Gasteiger partial charge in [0, 0.05) is 34.2 Å². The fourth-order valence-corrected chi connectivity index (χ4v) is 6.08. The summed E-state index contributed by atoms with van der Waals surface area (Å²) in [5.41, 5.74) is 12.2. The number of hydrogen-bond donors (Lipinski definition) is 0. The van der Waals surface area contributed by atoms with Gasteiger partial charge in [-0.25, -0.2) is 9.97 Å². The monoisotopic (exact) mass is 538 g/mol. The molecule has 6 aromatic rings. The lowest BCUT2D eigenvalue weighted by Gasteiger charge is -2.13. The Hall–Kier alpha value is -4.44. The van der Waals surface area contributed by atoms with Crippen molar-refractivity contribution < 1.29 is 0 Å². The highest BCUT2D eigenvalue weighted by Gasteiger charge is 2.10. The summed E-state index contributed by atoms with van der Waals surface area (Å²) in [5.74, 6) is 2.01. The first-order chi connectivity index (χ1) is 19.7. The van der Waals surface area contributed by atoms with Gasteiger partial charge in [0.2, 0.25) is 0 Å². The van der Waals surface area contributed by atoms with Crippen LogP contribution in [0.25, 0.3) is 22.4 Å². The molecule has 0 aliphatic heterocycles. The summed E-state index contributed by atoms with van der Waals surface area (Å²) in [6, 6.07) is 31.2. The van der Waals surface area contributed by atoms with E-state index in [1.807, 2.05) is 0 Å². The van der Waals surface area contributed by atoms with E-state index in [-0.39, 0.29) is 0 Å². The Morgan fingerprint density at radius 3 is 1.73 bits per heavy atom. The number of benzene rings is 2. The molecule has 0 radical (unpaired) electrons. The predicted molar refractivity (Wildman–Crippen MR) is 170 cm³/mol. The number of rotatable bonds is 7. The van der Waals surface area contributed by atoms with Crippen molar-refractivity contribution in [3.05, 3.63) is 141 Å². The highest BCUT2D eigenvalue weighted by molar-refractivity contribution is 5.84. The quantitative estimate of drug-likeness (QED) is 0.204. The number of pyridine rings is 2. The summed E-state index contributed by atoms with van der Waals surface area (Å²) in [6.07, 6.45) is 2.75. The van der Waals surface area contributed by atoms with Crippen LogP contribution in [0.4, 0.5) is 0 Å². The first kappa shape index (κ1) is 26.8. The number of hydrogen-bond acceptors (Lipinski definition) is 2. The number of aromatic nitrogens is 4. The molecule has 6 rings (SSSR count). The molecule has 0 saturated heterocycles. The van der Waals surface area contributed by atoms with Gasteiger partial charge in [-0.15, -0.1) is 0 Å². The van der Waals surface area contributed by atoms with Crippen molar-refractivity contribution in [1.82, 2.24) is 19.1 Å². The van der Waals surface area contributed by atoms with Gasteiger partial charge in [-0.05, 0) is 142 Å². The maximum atomic E-state index is 5.04. The van der Waals surface area contributed by atoms with Crippen LogP contribution < -0.4 is 0 Å². The molecule has 0 bridgehead atoms. The third kappa shape index (κ3) is 5.60. The molecule has 0 unspecified atom stereocenters. The second kappa shape index (κ2) is 10.9. The Morgan fingerprint density at radius 1 is 0.488 bits per heavy atom. The van der Waals surface area contributed by atoms with Crippen LogP contribution in [0.2, 0.25) is 0 Å². The third-order valence-electron chi connectivity index (χ3n) is 8.06. The van der Waals surface area contributed by atoms with Crippen LogP contribution in [0.15, 0.2) is 84.9 Å². The van der Waals surface area contributed by atoms with E-state index in [9.17, 15) is 0 Å². The molecule has 0 amide bonds. The van der Waals surface area contributed by atoms with Gasteiger partial charge in [-0.2, -0.15) is 0 Å². The van der Waals surface area contributed by atoms with Crippen LogP contribution in [0.5, 0.6) is 0 Å². The molecule has 4 aromatic heterocycles. The molecule has 0 spiro atoms. The lowest BCUT2D eigenvalue weighted by molar-refractivity contribution is 0.862. The molecule has 2 aromatic carbocycles. The average Bonchev–Trinajstić information content (AvgIpc) is 3.45. The van der Waals surface area contributed by atoms with Crippen molar-refractivity contribution in [1.29, 1.82) is 0 Å². The van der Waals surface area contributed by atoms with E-state index in [1.165, 1.54) is 55.8 Å². The zero-order chi connectivity index (χ0) is 28.7. The Kier molecular flexibility index (Phi) is 7.08. The Morgan fingerprint density at radius 2 is 1.07 bits per heavy atom. The summed E-state index contributed by atoms with van der Waals surface area (Å²) in [5, 5.41) is 2.57. The van der Waals surface area contributed by atoms with Gasteiger partial charge in [0.15, 0.2) is 0 Å². The number of nitrogens with zero attached hydrogens (tertiary/aromatic N) is 4. The summed E-state index contributed by atoms with van der Waals surface area (Å²) < 4.78 is 4.47. The van der Waals surface area contributed by atoms with Crippen LogP contribution in [0.1, 0.15) is 56.4 Å². The van der Waals surface area contributed by atoms with Gasteiger partial charge in [0.1, 0.15) is 11.6 Å². The number of aryl methyl sites for hydroxylation is 8. The Balaban J connectivity index is 1.23. The van der Waals surface area contributed by atoms with Crippen molar-refractivity contribution in [3.8, 4) is 11.6 Å². The lowest BCUT2D eigenvalue weighted by Crippen LogP contribution is -2.05. The SMILES string of the molecule is Cc1cc(CCc2ccc3ccc(Cc4cc(C)nc(-n5c(C)ccc5C)c4)cc3c2)nc(-n2c(C)ccc2C)c1. The molecule has 4 heteroatoms. The second-order valence-electron chi connectivity index (χ2n) is 11.6. The van der Waals surface area contributed by atoms with E-state index < -0.39 is 0 Å². The van der Waals surface area contributed by atoms with Gasteiger partial charge < -0.3 is 9.13 Å². The van der Waals surface area contributed by atoms with Crippen molar-refractivity contribution in [2.24, 2.45) is 0 Å². The predicted octanol–water partition coefficient (Wildman–Crippen LogP) is 8.44. The summed E-state index contributed by atoms with van der Waals surface area (Å²) in [7, 11) is 0. The van der Waals surface area contributed by atoms with Gasteiger partial charge >= 0.3 is 0 Å². The van der Waals surface area contributed by atoms with Crippen LogP contribution in [0.3, 0.4) is 0 Å². The topological polar surface area (TPSA) is 35.6 Å². The van der Waals surface area contributed by atoms with E-state index >= 15 is 0 Å². The molecule has 206 valence electrons. The van der Waals surface area contributed by atoms with Crippen molar-refractivity contribution in [3.63, 3.8) is 0 Å². The van der Waals surface area contributed by atoms with Crippen LogP contribution >= 0.6 is 0 Å². The zero-order valence-electron chi connectivity index (χ0n) is 25.0. The highest BCUT2D eigenvalue weighted by atomic mass is 15.1. The summed E-state index contributed by atoms with van der Waals surface area (Å²) in [4.78, 5) is 9.87. The molecule has 0 aliphatic rings. The summed E-state index contributed by atoms with van der Waals surface area (Å²) in [6.45, 7) is 12.8. The van der Waals surface area contributed by atoms with Gasteiger partial charge in [-0.3, -0.25) is 0 Å². The summed E-state index contributed by atoms with van der Waals surface area (Å²) >= 11 is 0. The molecular formula is C37H38N4. The van der Waals surface area contributed by atoms with E-state index in [0.29, 0.717) is 0 Å². The molecular weight excluding hydrogens is 500 g/mol. The smallest absolute Gasteiger partial charge is 0.137 e. The minimum Gasteiger partial charge on any atom is -0.303 e. The standard InChI is InChI=1S/C37H38N4/c1-24-17-35(39-36(18-24)40-26(3)7-8-27(40)4)16-13-30-11-14-33-15-12-31(22-34(33)21-30)20-32-19-25(2)38-37(23-32)41-28(5)9-10-29(41)6/h7-12,14-15,17-19,21-23H,13,16,20H2,1-6H3. The molecule has 41 heavy (non-hydrogen) atoms. The average molecular weight is 539 g/mol. The van der Waals surface area contributed by atoms with Crippen molar-refractivity contribution >= 4 is 10.8 Å². The van der Waals surface area contributed by atoms with Gasteiger partial charge in [0.05, 0.1) is 0 Å². The molecule has 4 nitrogen and oxygen atoms in total. The van der Waals surface area contributed by atoms with E-state index in [2.05, 4.69) is 136 Å². The highest BCUT2D eigenvalue weighted by Crippen LogP contribution is 2.24. The minimum absolute atomic E-state index is 0.879. The largest absolute Gasteiger partial charge is 0.303 e.